The van der Waals surface area contributed by atoms with Crippen LogP contribution >= 0.6 is 15.6 Å². The van der Waals surface area contributed by atoms with E-state index in [0.717, 1.165) is 57.8 Å². The first-order valence-corrected chi connectivity index (χ1v) is 24.3. The van der Waals surface area contributed by atoms with Crippen LogP contribution in [-0.2, 0) is 41.8 Å². The van der Waals surface area contributed by atoms with E-state index in [9.17, 15) is 38.5 Å². The number of unbranched alkanes of at least 4 members (excludes halogenated alkanes) is 23. The van der Waals surface area contributed by atoms with Crippen LogP contribution in [0.1, 0.15) is 194 Å². The first kappa shape index (κ1) is 53.9. The summed E-state index contributed by atoms with van der Waals surface area (Å²) in [6.07, 6.45) is 31.5. The molecule has 0 spiro atoms. The number of phosphoric acid groups is 2. The van der Waals surface area contributed by atoms with E-state index in [1.807, 2.05) is 0 Å². The molecule has 0 amide bonds. The van der Waals surface area contributed by atoms with Gasteiger partial charge in [0.2, 0.25) is 0 Å². The standard InChI is InChI=1S/C40H78O13P2/c1-3-5-7-9-11-13-15-17-18-20-21-23-25-27-29-31-39(42)49-35-38(36-52-55(47,48)51-34-37(41)33-50-54(44,45)46)53-40(43)32-30-28-26-24-22-19-16-14-12-10-8-6-4-2/h17-18,37-38,41H,3-16,19-36H2,1-2H3,(H,47,48)(H2,44,45,46)/p-3/b18-17-/t37-,38+/m0/s1. The van der Waals surface area contributed by atoms with Gasteiger partial charge in [-0.2, -0.15) is 0 Å². The van der Waals surface area contributed by atoms with Crippen molar-refractivity contribution in [2.75, 3.05) is 26.4 Å². The number of esters is 2. The van der Waals surface area contributed by atoms with E-state index in [0.29, 0.717) is 12.8 Å². The van der Waals surface area contributed by atoms with Crippen molar-refractivity contribution < 1.29 is 61.6 Å². The quantitative estimate of drug-likeness (QED) is 0.0266. The van der Waals surface area contributed by atoms with E-state index in [-0.39, 0.29) is 12.8 Å². The van der Waals surface area contributed by atoms with Crippen LogP contribution in [0.5, 0.6) is 0 Å². The number of aliphatic hydroxyl groups is 1. The molecular formula is C40H75O13P2-3. The average Bonchev–Trinajstić information content (AvgIpc) is 3.14. The summed E-state index contributed by atoms with van der Waals surface area (Å²) in [5, 5.41) is 9.65. The second kappa shape index (κ2) is 37.2. The molecule has 13 nitrogen and oxygen atoms in total. The third-order valence-corrected chi connectivity index (χ3v) is 10.5. The van der Waals surface area contributed by atoms with Gasteiger partial charge in [-0.25, -0.2) is 0 Å². The molecule has 0 aliphatic carbocycles. The Kier molecular flexibility index (Phi) is 36.4. The van der Waals surface area contributed by atoms with Crippen LogP contribution in [0.15, 0.2) is 12.2 Å². The Balaban J connectivity index is 4.51. The first-order valence-electron chi connectivity index (χ1n) is 21.3. The van der Waals surface area contributed by atoms with Gasteiger partial charge in [0, 0.05) is 12.8 Å². The van der Waals surface area contributed by atoms with Gasteiger partial charge in [0.25, 0.3) is 7.82 Å². The van der Waals surface area contributed by atoms with Gasteiger partial charge in [-0.15, -0.1) is 0 Å². The number of rotatable bonds is 41. The lowest BCUT2D eigenvalue weighted by Crippen LogP contribution is -2.31. The predicted octanol–water partition coefficient (Wildman–Crippen LogP) is 8.67. The number of hydrogen-bond donors (Lipinski definition) is 1. The van der Waals surface area contributed by atoms with Gasteiger partial charge in [-0.3, -0.25) is 14.2 Å². The summed E-state index contributed by atoms with van der Waals surface area (Å²) >= 11 is 0. The average molecular weight is 826 g/mol. The van der Waals surface area contributed by atoms with Gasteiger partial charge in [0.1, 0.15) is 12.7 Å². The van der Waals surface area contributed by atoms with Crippen molar-refractivity contribution in [3.63, 3.8) is 0 Å². The van der Waals surface area contributed by atoms with Crippen molar-refractivity contribution in [3.8, 4) is 0 Å². The lowest BCUT2D eigenvalue weighted by Gasteiger charge is -2.30. The fourth-order valence-electron chi connectivity index (χ4n) is 5.86. The molecule has 0 radical (unpaired) electrons. The highest BCUT2D eigenvalue weighted by Crippen LogP contribution is 2.38. The number of ether oxygens (including phenoxy) is 2. The van der Waals surface area contributed by atoms with Crippen molar-refractivity contribution in [1.82, 2.24) is 0 Å². The minimum atomic E-state index is -5.37. The fraction of sp³-hybridized carbons (Fsp3) is 0.900. The molecule has 0 saturated carbocycles. The van der Waals surface area contributed by atoms with Crippen molar-refractivity contribution in [3.05, 3.63) is 12.2 Å². The number of hydrogen-bond acceptors (Lipinski definition) is 13. The van der Waals surface area contributed by atoms with E-state index in [2.05, 4.69) is 35.0 Å². The van der Waals surface area contributed by atoms with Crippen molar-refractivity contribution in [1.29, 1.82) is 0 Å². The topological polar surface area (TPSA) is 204 Å². The molecule has 0 heterocycles. The van der Waals surface area contributed by atoms with Crippen LogP contribution in [0.2, 0.25) is 0 Å². The molecule has 0 aromatic carbocycles. The molecule has 0 bridgehead atoms. The summed E-state index contributed by atoms with van der Waals surface area (Å²) in [5.41, 5.74) is 0. The molecule has 15 heteroatoms. The van der Waals surface area contributed by atoms with Gasteiger partial charge >= 0.3 is 11.9 Å². The zero-order chi connectivity index (χ0) is 40.9. The maximum Gasteiger partial charge on any atom is 0.306 e. The third-order valence-electron chi connectivity index (χ3n) is 9.12. The molecule has 0 fully saturated rings. The Hall–Kier alpha value is -1.14. The Labute approximate surface area is 332 Å². The highest BCUT2D eigenvalue weighted by molar-refractivity contribution is 7.45. The van der Waals surface area contributed by atoms with Crippen molar-refractivity contribution in [2.24, 2.45) is 0 Å². The predicted molar refractivity (Wildman–Crippen MR) is 210 cm³/mol. The molecule has 3 atom stereocenters. The summed E-state index contributed by atoms with van der Waals surface area (Å²) in [6, 6.07) is 0. The summed E-state index contributed by atoms with van der Waals surface area (Å²) < 4.78 is 46.7. The van der Waals surface area contributed by atoms with Crippen LogP contribution in [0, 0.1) is 0 Å². The molecule has 0 rings (SSSR count). The molecule has 326 valence electrons. The van der Waals surface area contributed by atoms with Gasteiger partial charge in [-0.05, 0) is 38.5 Å². The summed E-state index contributed by atoms with van der Waals surface area (Å²) in [7, 11) is -10.5. The number of allylic oxidation sites excluding steroid dienone is 2. The normalized spacial score (nSPS) is 14.2. The van der Waals surface area contributed by atoms with E-state index >= 15 is 0 Å². The van der Waals surface area contributed by atoms with E-state index in [4.69, 9.17) is 14.0 Å². The van der Waals surface area contributed by atoms with Crippen LogP contribution in [0.3, 0.4) is 0 Å². The summed E-state index contributed by atoms with van der Waals surface area (Å²) in [5.74, 6) is -1.09. The second-order valence-corrected chi connectivity index (χ2v) is 17.1. The SMILES string of the molecule is CCCCCCCC/C=C\CCCCCCCC(=O)OC[C@H](COP(=O)([O-])OC[C@@H](O)COP(=O)([O-])[O-])OC(=O)CCCCCCCCCCCCCCC. The molecule has 55 heavy (non-hydrogen) atoms. The van der Waals surface area contributed by atoms with Crippen LogP contribution in [0.4, 0.5) is 0 Å². The van der Waals surface area contributed by atoms with Gasteiger partial charge in [-0.1, -0.05) is 154 Å². The monoisotopic (exact) mass is 825 g/mol. The molecule has 0 aliphatic rings. The maximum atomic E-state index is 12.6. The highest BCUT2D eigenvalue weighted by Gasteiger charge is 2.22. The van der Waals surface area contributed by atoms with Crippen molar-refractivity contribution in [2.45, 2.75) is 206 Å². The smallest absolute Gasteiger partial charge is 0.306 e. The van der Waals surface area contributed by atoms with Crippen LogP contribution in [-0.4, -0.2) is 55.7 Å². The summed E-state index contributed by atoms with van der Waals surface area (Å²) in [4.78, 5) is 58.4. The van der Waals surface area contributed by atoms with Gasteiger partial charge in [0.05, 0.1) is 27.6 Å². The van der Waals surface area contributed by atoms with Crippen LogP contribution < -0.4 is 14.7 Å². The highest BCUT2D eigenvalue weighted by atomic mass is 31.2. The van der Waals surface area contributed by atoms with Gasteiger partial charge < -0.3 is 47.4 Å². The minimum absolute atomic E-state index is 0.109. The van der Waals surface area contributed by atoms with E-state index in [1.165, 1.54) is 96.3 Å². The molecule has 1 unspecified atom stereocenters. The Morgan fingerprint density at radius 2 is 0.909 bits per heavy atom. The van der Waals surface area contributed by atoms with E-state index in [1.54, 1.807) is 0 Å². The number of carbonyl (C=O) groups excluding carboxylic acids is 2. The zero-order valence-corrected chi connectivity index (χ0v) is 36.0. The maximum absolute atomic E-state index is 12.6. The fourth-order valence-corrected chi connectivity index (χ4v) is 6.99. The largest absolute Gasteiger partial charge is 0.790 e. The molecular weight excluding hydrogens is 750 g/mol. The lowest BCUT2D eigenvalue weighted by atomic mass is 10.0. The van der Waals surface area contributed by atoms with E-state index < -0.39 is 66.2 Å². The molecule has 0 saturated heterocycles. The molecule has 0 aromatic heterocycles. The Morgan fingerprint density at radius 3 is 1.36 bits per heavy atom. The molecule has 0 aromatic rings. The van der Waals surface area contributed by atoms with Gasteiger partial charge in [0.15, 0.2) is 6.10 Å². The second-order valence-electron chi connectivity index (χ2n) is 14.6. The van der Waals surface area contributed by atoms with Crippen LogP contribution in [0.25, 0.3) is 0 Å². The number of carbonyl (C=O) groups is 2. The zero-order valence-electron chi connectivity index (χ0n) is 34.2. The van der Waals surface area contributed by atoms with Crippen molar-refractivity contribution >= 4 is 27.6 Å². The molecule has 0 aliphatic heterocycles. The summed E-state index contributed by atoms with van der Waals surface area (Å²) in [6.45, 7) is 1.36. The number of phosphoric ester groups is 2. The minimum Gasteiger partial charge on any atom is -0.790 e. The Morgan fingerprint density at radius 1 is 0.527 bits per heavy atom. The number of aliphatic hydroxyl groups excluding tert-OH is 1. The Bertz CT molecular complexity index is 1040. The third kappa shape index (κ3) is 40.8. The lowest BCUT2D eigenvalue weighted by molar-refractivity contribution is -0.342. The molecule has 1 N–H and O–H groups in total. The first-order chi connectivity index (χ1) is 26.4.